The first-order valence-corrected chi connectivity index (χ1v) is 35.0. The van der Waals surface area contributed by atoms with Gasteiger partial charge < -0.3 is 9.13 Å². The second-order valence-electron chi connectivity index (χ2n) is 35.6. The fourth-order valence-electron chi connectivity index (χ4n) is 17.2. The summed E-state index contributed by atoms with van der Waals surface area (Å²) < 4.78 is 4.90. The van der Waals surface area contributed by atoms with Gasteiger partial charge in [0.05, 0.1) is 44.1 Å². The second-order valence-corrected chi connectivity index (χ2v) is 35.6. The van der Waals surface area contributed by atoms with Crippen molar-refractivity contribution in [3.05, 3.63) is 226 Å². The van der Waals surface area contributed by atoms with E-state index in [1.807, 2.05) is 24.3 Å². The van der Waals surface area contributed by atoms with Crippen LogP contribution < -0.4 is 0 Å². The van der Waals surface area contributed by atoms with E-state index in [1.165, 1.54) is 65.9 Å². The molecular weight excluding hydrogens is 1160 g/mol. The summed E-state index contributed by atoms with van der Waals surface area (Å²) in [5.74, 6) is 14.3. The summed E-state index contributed by atoms with van der Waals surface area (Å²) in [6, 6.07) is 67.7. The quantitative estimate of drug-likeness (QED) is 0.0777. The lowest BCUT2D eigenvalue weighted by Crippen LogP contribution is -2.24. The zero-order valence-electron chi connectivity index (χ0n) is 60.9. The third kappa shape index (κ3) is 13.1. The van der Waals surface area contributed by atoms with Gasteiger partial charge in [0.15, 0.2) is 0 Å². The third-order valence-corrected chi connectivity index (χ3v) is 19.9. The molecule has 96 heavy (non-hydrogen) atoms. The van der Waals surface area contributed by atoms with Crippen LogP contribution in [0.2, 0.25) is 0 Å². The number of hydrogen-bond acceptors (Lipinski definition) is 2. The average molecular weight is 1260 g/mol. The highest BCUT2D eigenvalue weighted by Gasteiger charge is 2.33. The number of hydrogen-bond donors (Lipinski definition) is 0. The van der Waals surface area contributed by atoms with Crippen molar-refractivity contribution in [2.75, 3.05) is 0 Å². The van der Waals surface area contributed by atoms with E-state index >= 15 is 0 Å². The van der Waals surface area contributed by atoms with Gasteiger partial charge in [0.2, 0.25) is 0 Å². The summed E-state index contributed by atoms with van der Waals surface area (Å²) in [6.07, 6.45) is 4.36. The molecule has 0 unspecified atom stereocenters. The van der Waals surface area contributed by atoms with Crippen molar-refractivity contribution < 1.29 is 0 Å². The Labute approximate surface area is 572 Å². The van der Waals surface area contributed by atoms with Gasteiger partial charge in [-0.2, -0.15) is 0 Å². The van der Waals surface area contributed by atoms with E-state index in [4.69, 9.17) is 9.97 Å². The number of nitrogens with zero attached hydrogens (tertiary/aromatic N) is 4. The zero-order valence-corrected chi connectivity index (χ0v) is 60.9. The molecule has 0 spiro atoms. The van der Waals surface area contributed by atoms with E-state index in [9.17, 15) is 0 Å². The first-order valence-electron chi connectivity index (χ1n) is 35.0. The molecule has 0 fully saturated rings. The van der Waals surface area contributed by atoms with E-state index in [0.717, 1.165) is 103 Å². The van der Waals surface area contributed by atoms with Crippen molar-refractivity contribution in [3.63, 3.8) is 0 Å². The van der Waals surface area contributed by atoms with Crippen LogP contribution in [0.3, 0.4) is 0 Å². The van der Waals surface area contributed by atoms with E-state index in [0.29, 0.717) is 0 Å². The van der Waals surface area contributed by atoms with E-state index in [1.54, 1.807) is 0 Å². The van der Waals surface area contributed by atoms with Crippen LogP contribution in [0, 0.1) is 45.3 Å². The van der Waals surface area contributed by atoms with Crippen LogP contribution in [0.15, 0.2) is 182 Å². The highest BCUT2D eigenvalue weighted by molar-refractivity contribution is 6.24. The molecule has 0 aliphatic heterocycles. The Hall–Kier alpha value is -8.96. The molecule has 0 N–H and O–H groups in total. The molecule has 4 heteroatoms. The molecule has 3 aromatic heterocycles. The molecule has 0 aliphatic carbocycles. The van der Waals surface area contributed by atoms with Crippen molar-refractivity contribution in [3.8, 4) is 35.1 Å². The number of para-hydroxylation sites is 2. The molecular formula is C92H98N4. The Morgan fingerprint density at radius 1 is 0.260 bits per heavy atom. The molecule has 3 heterocycles. The molecule has 0 saturated carbocycles. The van der Waals surface area contributed by atoms with Crippen molar-refractivity contribution >= 4 is 87.2 Å². The van der Waals surface area contributed by atoms with E-state index in [2.05, 4.69) is 329 Å². The Kier molecular flexibility index (Phi) is 16.0. The highest BCUT2D eigenvalue weighted by Crippen LogP contribution is 2.46. The second kappa shape index (κ2) is 23.4. The normalized spacial score (nSPS) is 13.2. The summed E-state index contributed by atoms with van der Waals surface area (Å²) >= 11 is 0. The Morgan fingerprint density at radius 3 is 0.792 bits per heavy atom. The lowest BCUT2D eigenvalue weighted by Gasteiger charge is -2.33. The fraction of sp³-hybridized carbons (Fsp3) is 0.348. The Morgan fingerprint density at radius 2 is 0.521 bits per heavy atom. The lowest BCUT2D eigenvalue weighted by molar-refractivity contribution is 0.283. The maximum atomic E-state index is 5.28. The number of rotatable bonds is 10. The topological polar surface area (TPSA) is 35.6 Å². The van der Waals surface area contributed by atoms with Gasteiger partial charge in [-0.3, -0.25) is 0 Å². The van der Waals surface area contributed by atoms with Crippen LogP contribution >= 0.6 is 0 Å². The zero-order chi connectivity index (χ0) is 68.5. The largest absolute Gasteiger partial charge is 0.309 e. The maximum absolute atomic E-state index is 5.28. The molecule has 0 amide bonds. The van der Waals surface area contributed by atoms with Gasteiger partial charge in [0, 0.05) is 65.9 Å². The molecule has 0 aliphatic rings. The molecule has 4 nitrogen and oxygen atoms in total. The first kappa shape index (κ1) is 65.7. The molecule has 0 atom stereocenters. The molecule has 0 radical (unpaired) electrons. The van der Waals surface area contributed by atoms with Crippen LogP contribution in [0.5, 0.6) is 0 Å². The van der Waals surface area contributed by atoms with Crippen molar-refractivity contribution in [1.82, 2.24) is 19.1 Å². The SMILES string of the molecule is CC(C)(C)CC(C)(C)c1ccc2c(c1)c1cc(C(C)(C)CC(C)(C)C)ccc1n2-c1ccc(C#Cc2ccc3c(c2)c2cc(C#Cc4ccc(-n5c6ccc(C(C)(C)CC(C)(C)C)cc6c6cc(C(C)(C)CC(C)(C)C)ccc65)cc4)ccc2c2nc4ccccc4nc32)cc1. The number of benzene rings is 10. The summed E-state index contributed by atoms with van der Waals surface area (Å²) in [5, 5.41) is 9.40. The van der Waals surface area contributed by atoms with Crippen molar-refractivity contribution in [1.29, 1.82) is 0 Å². The van der Waals surface area contributed by atoms with Crippen LogP contribution in [0.25, 0.3) is 98.6 Å². The Balaban J connectivity index is 0.851. The van der Waals surface area contributed by atoms with Gasteiger partial charge in [0.25, 0.3) is 0 Å². The maximum Gasteiger partial charge on any atom is 0.0979 e. The van der Waals surface area contributed by atoms with Gasteiger partial charge in [-0.15, -0.1) is 0 Å². The third-order valence-electron chi connectivity index (χ3n) is 19.9. The minimum absolute atomic E-state index is 0.00950. The van der Waals surface area contributed by atoms with Crippen LogP contribution in [-0.4, -0.2) is 19.1 Å². The van der Waals surface area contributed by atoms with Gasteiger partial charge in [-0.05, 0) is 235 Å². The smallest absolute Gasteiger partial charge is 0.0979 e. The number of fused-ring (bicyclic) bond motifs is 13. The predicted octanol–water partition coefficient (Wildman–Crippen LogP) is 24.9. The monoisotopic (exact) mass is 1260 g/mol. The summed E-state index contributed by atoms with van der Waals surface area (Å²) in [5.41, 5.74) is 20.7. The minimum atomic E-state index is 0.00950. The molecule has 0 saturated heterocycles. The highest BCUT2D eigenvalue weighted by atomic mass is 15.0. The summed E-state index contributed by atoms with van der Waals surface area (Å²) in [7, 11) is 0. The summed E-state index contributed by atoms with van der Waals surface area (Å²) in [6.45, 7) is 47.4. The van der Waals surface area contributed by atoms with E-state index in [-0.39, 0.29) is 43.3 Å². The van der Waals surface area contributed by atoms with Crippen LogP contribution in [0.4, 0.5) is 0 Å². The lowest BCUT2D eigenvalue weighted by atomic mass is 9.71. The molecule has 486 valence electrons. The van der Waals surface area contributed by atoms with Crippen molar-refractivity contribution in [2.45, 2.75) is 186 Å². The summed E-state index contributed by atoms with van der Waals surface area (Å²) in [4.78, 5) is 10.6. The predicted molar refractivity (Wildman–Crippen MR) is 414 cm³/mol. The average Bonchev–Trinajstić information content (AvgIpc) is 1.31. The van der Waals surface area contributed by atoms with E-state index < -0.39 is 0 Å². The van der Waals surface area contributed by atoms with Crippen LogP contribution in [0.1, 0.15) is 209 Å². The fourth-order valence-corrected chi connectivity index (χ4v) is 17.2. The van der Waals surface area contributed by atoms with Gasteiger partial charge in [-0.1, -0.05) is 211 Å². The van der Waals surface area contributed by atoms with Crippen LogP contribution in [-0.2, 0) is 21.7 Å². The molecule has 13 rings (SSSR count). The standard InChI is InChI=1S/C92H98N4/c1-85(2,3)55-89(13,14)63-35-45-79-73(51-63)74-52-64(90(15,16)56-86(4,5)6)36-46-80(74)95(79)67-39-29-59(30-40-67)25-27-61-33-43-69-71(49-61)72-50-62(34-44-70(72)84-83(69)93-77-23-21-22-24-78(77)94-84)28-26-60-31-41-68(42-32-60)96-81-47-37-65(91(17,18)57-87(7,8)9)53-75(81)76-54-66(38-48-82(76)96)92(19,20)58-88(10,11)12/h21-24,29-54H,55-58H2,1-20H3. The molecule has 0 bridgehead atoms. The van der Waals surface area contributed by atoms with Crippen molar-refractivity contribution in [2.24, 2.45) is 21.7 Å². The first-order chi connectivity index (χ1) is 45.0. The van der Waals surface area contributed by atoms with Gasteiger partial charge in [-0.25, -0.2) is 9.97 Å². The van der Waals surface area contributed by atoms with Gasteiger partial charge in [0.1, 0.15) is 0 Å². The number of aromatic nitrogens is 4. The Bertz CT molecular complexity index is 4860. The molecule has 13 aromatic rings. The van der Waals surface area contributed by atoms with Gasteiger partial charge >= 0.3 is 0 Å². The minimum Gasteiger partial charge on any atom is -0.309 e. The molecule has 10 aromatic carbocycles.